The van der Waals surface area contributed by atoms with E-state index in [2.05, 4.69) is 0 Å². The maximum absolute atomic E-state index is 13.9. The number of hydrogen-bond donors (Lipinski definition) is 1. The predicted molar refractivity (Wildman–Crippen MR) is 68.1 cm³/mol. The van der Waals surface area contributed by atoms with Gasteiger partial charge in [0.05, 0.1) is 6.42 Å². The summed E-state index contributed by atoms with van der Waals surface area (Å²) in [6.45, 7) is 0. The SMILES string of the molecule is O=C(O)Cc1cc(F)c(-c2ccc(Cl)cc2F)cc1F. The van der Waals surface area contributed by atoms with Crippen molar-refractivity contribution in [2.45, 2.75) is 6.42 Å². The van der Waals surface area contributed by atoms with E-state index in [0.717, 1.165) is 18.2 Å². The van der Waals surface area contributed by atoms with Gasteiger partial charge in [-0.25, -0.2) is 13.2 Å². The number of hydrogen-bond acceptors (Lipinski definition) is 1. The highest BCUT2D eigenvalue weighted by Gasteiger charge is 2.16. The van der Waals surface area contributed by atoms with Gasteiger partial charge >= 0.3 is 5.97 Å². The van der Waals surface area contributed by atoms with E-state index < -0.39 is 29.8 Å². The molecule has 0 aliphatic rings. The van der Waals surface area contributed by atoms with Gasteiger partial charge in [-0.15, -0.1) is 0 Å². The van der Waals surface area contributed by atoms with Crippen molar-refractivity contribution in [3.63, 3.8) is 0 Å². The van der Waals surface area contributed by atoms with Crippen LogP contribution in [0.5, 0.6) is 0 Å². The average Bonchev–Trinajstić information content (AvgIpc) is 2.33. The molecule has 20 heavy (non-hydrogen) atoms. The van der Waals surface area contributed by atoms with Crippen LogP contribution in [0.1, 0.15) is 5.56 Å². The van der Waals surface area contributed by atoms with Gasteiger partial charge in [-0.1, -0.05) is 11.6 Å². The Morgan fingerprint density at radius 2 is 1.65 bits per heavy atom. The van der Waals surface area contributed by atoms with Crippen LogP contribution in [0.4, 0.5) is 13.2 Å². The summed E-state index contributed by atoms with van der Waals surface area (Å²) in [5.74, 6) is -3.88. The van der Waals surface area contributed by atoms with E-state index in [-0.39, 0.29) is 21.7 Å². The highest BCUT2D eigenvalue weighted by Crippen LogP contribution is 2.29. The lowest BCUT2D eigenvalue weighted by atomic mass is 10.0. The first-order valence-electron chi connectivity index (χ1n) is 5.53. The summed E-state index contributed by atoms with van der Waals surface area (Å²) in [7, 11) is 0. The number of halogens is 4. The second-order valence-electron chi connectivity index (χ2n) is 4.12. The van der Waals surface area contributed by atoms with Gasteiger partial charge in [0.1, 0.15) is 17.5 Å². The van der Waals surface area contributed by atoms with Gasteiger partial charge in [-0.3, -0.25) is 4.79 Å². The van der Waals surface area contributed by atoms with Crippen LogP contribution in [-0.4, -0.2) is 11.1 Å². The summed E-state index contributed by atoms with van der Waals surface area (Å²) in [5.41, 5.74) is -0.730. The van der Waals surface area contributed by atoms with Crippen molar-refractivity contribution in [1.82, 2.24) is 0 Å². The normalized spacial score (nSPS) is 10.6. The Morgan fingerprint density at radius 1 is 1.00 bits per heavy atom. The van der Waals surface area contributed by atoms with Crippen molar-refractivity contribution < 1.29 is 23.1 Å². The Labute approximate surface area is 117 Å². The third-order valence-electron chi connectivity index (χ3n) is 2.70. The van der Waals surface area contributed by atoms with E-state index in [1.54, 1.807) is 0 Å². The van der Waals surface area contributed by atoms with Crippen molar-refractivity contribution in [3.05, 3.63) is 58.4 Å². The molecule has 0 radical (unpaired) electrons. The van der Waals surface area contributed by atoms with Crippen LogP contribution in [0.15, 0.2) is 30.3 Å². The number of carboxylic acid groups (broad SMARTS) is 1. The molecule has 104 valence electrons. The summed E-state index contributed by atoms with van der Waals surface area (Å²) in [6, 6.07) is 5.10. The van der Waals surface area contributed by atoms with Gasteiger partial charge in [0, 0.05) is 21.7 Å². The van der Waals surface area contributed by atoms with Crippen molar-refractivity contribution in [3.8, 4) is 11.1 Å². The van der Waals surface area contributed by atoms with E-state index in [0.29, 0.717) is 0 Å². The van der Waals surface area contributed by atoms with Crippen molar-refractivity contribution in [2.24, 2.45) is 0 Å². The van der Waals surface area contributed by atoms with Crippen LogP contribution in [0.25, 0.3) is 11.1 Å². The Bertz CT molecular complexity index is 686. The molecule has 0 saturated carbocycles. The molecule has 1 N–H and O–H groups in total. The first-order chi connectivity index (χ1) is 9.38. The van der Waals surface area contributed by atoms with Crippen LogP contribution in [-0.2, 0) is 11.2 Å². The summed E-state index contributed by atoms with van der Waals surface area (Å²) in [4.78, 5) is 10.5. The van der Waals surface area contributed by atoms with Gasteiger partial charge in [0.2, 0.25) is 0 Å². The Kier molecular flexibility index (Phi) is 3.99. The van der Waals surface area contributed by atoms with E-state index in [9.17, 15) is 18.0 Å². The molecule has 2 aromatic rings. The number of rotatable bonds is 3. The predicted octanol–water partition coefficient (Wildman–Crippen LogP) is 4.05. The fourth-order valence-corrected chi connectivity index (χ4v) is 1.96. The van der Waals surface area contributed by atoms with E-state index in [4.69, 9.17) is 16.7 Å². The van der Waals surface area contributed by atoms with Crippen molar-refractivity contribution >= 4 is 17.6 Å². The second-order valence-corrected chi connectivity index (χ2v) is 4.55. The molecule has 2 rings (SSSR count). The lowest BCUT2D eigenvalue weighted by molar-refractivity contribution is -0.136. The average molecular weight is 301 g/mol. The molecule has 0 bridgehead atoms. The Morgan fingerprint density at radius 3 is 2.25 bits per heavy atom. The molecule has 0 aromatic heterocycles. The minimum absolute atomic E-state index is 0.134. The molecular weight excluding hydrogens is 293 g/mol. The molecule has 2 nitrogen and oxygen atoms in total. The molecule has 0 amide bonds. The fraction of sp³-hybridized carbons (Fsp3) is 0.0714. The van der Waals surface area contributed by atoms with Crippen LogP contribution in [0.2, 0.25) is 5.02 Å². The highest BCUT2D eigenvalue weighted by atomic mass is 35.5. The van der Waals surface area contributed by atoms with Gasteiger partial charge < -0.3 is 5.11 Å². The monoisotopic (exact) mass is 300 g/mol. The summed E-state index contributed by atoms with van der Waals surface area (Å²) in [6.07, 6.45) is -0.647. The molecule has 0 saturated heterocycles. The Balaban J connectivity index is 2.53. The zero-order valence-corrected chi connectivity index (χ0v) is 10.7. The Hall–Kier alpha value is -2.01. The van der Waals surface area contributed by atoms with Crippen LogP contribution < -0.4 is 0 Å². The van der Waals surface area contributed by atoms with E-state index >= 15 is 0 Å². The van der Waals surface area contributed by atoms with E-state index in [1.165, 1.54) is 12.1 Å². The molecule has 0 spiro atoms. The van der Waals surface area contributed by atoms with E-state index in [1.807, 2.05) is 0 Å². The second kappa shape index (κ2) is 5.54. The molecule has 0 aliphatic heterocycles. The zero-order valence-electron chi connectivity index (χ0n) is 9.96. The molecule has 0 atom stereocenters. The maximum atomic E-state index is 13.9. The maximum Gasteiger partial charge on any atom is 0.307 e. The van der Waals surface area contributed by atoms with Gasteiger partial charge in [0.25, 0.3) is 0 Å². The summed E-state index contributed by atoms with van der Waals surface area (Å²) >= 11 is 5.58. The van der Waals surface area contributed by atoms with Crippen molar-refractivity contribution in [2.75, 3.05) is 0 Å². The molecule has 2 aromatic carbocycles. The number of carbonyl (C=O) groups is 1. The minimum atomic E-state index is -1.28. The quantitative estimate of drug-likeness (QED) is 0.928. The van der Waals surface area contributed by atoms with Crippen molar-refractivity contribution in [1.29, 1.82) is 0 Å². The smallest absolute Gasteiger partial charge is 0.307 e. The largest absolute Gasteiger partial charge is 0.481 e. The first kappa shape index (κ1) is 14.4. The van der Waals surface area contributed by atoms with Gasteiger partial charge in [0.15, 0.2) is 0 Å². The zero-order chi connectivity index (χ0) is 14.9. The molecular formula is C14H8ClF3O2. The topological polar surface area (TPSA) is 37.3 Å². The number of carboxylic acids is 1. The highest BCUT2D eigenvalue weighted by molar-refractivity contribution is 6.30. The van der Waals surface area contributed by atoms with Crippen LogP contribution in [0.3, 0.4) is 0 Å². The standard InChI is InChI=1S/C14H8ClF3O2/c15-8-1-2-9(13(18)5-8)10-6-11(16)7(3-12(10)17)4-14(19)20/h1-3,5-6H,4H2,(H,19,20). The molecule has 0 fully saturated rings. The van der Waals surface area contributed by atoms with Gasteiger partial charge in [-0.2, -0.15) is 0 Å². The third kappa shape index (κ3) is 2.93. The summed E-state index contributed by atoms with van der Waals surface area (Å²) < 4.78 is 41.3. The molecule has 0 aliphatic carbocycles. The van der Waals surface area contributed by atoms with Crippen LogP contribution in [0, 0.1) is 17.5 Å². The van der Waals surface area contributed by atoms with Crippen LogP contribution >= 0.6 is 11.6 Å². The van der Waals surface area contributed by atoms with Gasteiger partial charge in [-0.05, 0) is 30.3 Å². The third-order valence-corrected chi connectivity index (χ3v) is 2.93. The number of benzene rings is 2. The minimum Gasteiger partial charge on any atom is -0.481 e. The molecule has 0 unspecified atom stereocenters. The fourth-order valence-electron chi connectivity index (χ4n) is 1.80. The summed E-state index contributed by atoms with van der Waals surface area (Å²) in [5, 5.41) is 8.71. The first-order valence-corrected chi connectivity index (χ1v) is 5.91. The number of aliphatic carboxylic acids is 1. The molecule has 6 heteroatoms. The molecule has 0 heterocycles. The lowest BCUT2D eigenvalue weighted by Crippen LogP contribution is -2.04. The lowest BCUT2D eigenvalue weighted by Gasteiger charge is -2.08.